The average Bonchev–Trinajstić information content (AvgIpc) is 3.25. The van der Waals surface area contributed by atoms with Crippen LogP contribution in [0.1, 0.15) is 18.4 Å². The van der Waals surface area contributed by atoms with E-state index in [-0.39, 0.29) is 6.03 Å². The summed E-state index contributed by atoms with van der Waals surface area (Å²) in [7, 11) is 0. The van der Waals surface area contributed by atoms with E-state index < -0.39 is 0 Å². The fourth-order valence-electron chi connectivity index (χ4n) is 3.16. The molecule has 1 aromatic carbocycles. The first-order valence-corrected chi connectivity index (χ1v) is 8.53. The maximum absolute atomic E-state index is 12.2. The molecule has 2 saturated heterocycles. The van der Waals surface area contributed by atoms with Gasteiger partial charge in [0, 0.05) is 38.1 Å². The van der Waals surface area contributed by atoms with E-state index in [1.807, 2.05) is 23.1 Å². The van der Waals surface area contributed by atoms with Crippen LogP contribution in [-0.4, -0.2) is 50.4 Å². The lowest BCUT2D eigenvalue weighted by Crippen LogP contribution is -2.40. The Morgan fingerprint density at radius 2 is 2.13 bits per heavy atom. The lowest BCUT2D eigenvalue weighted by molar-refractivity contribution is 0.0897. The first kappa shape index (κ1) is 16.3. The number of benzene rings is 1. The van der Waals surface area contributed by atoms with Gasteiger partial charge in [0.1, 0.15) is 0 Å². The van der Waals surface area contributed by atoms with Crippen LogP contribution in [0.3, 0.4) is 0 Å². The number of nitrogens with one attached hydrogen (secondary N) is 1. The summed E-state index contributed by atoms with van der Waals surface area (Å²) in [5.41, 5.74) is 1.19. The third-order valence-electron chi connectivity index (χ3n) is 4.60. The molecule has 5 nitrogen and oxygen atoms in total. The van der Waals surface area contributed by atoms with E-state index in [0.29, 0.717) is 18.4 Å². The van der Waals surface area contributed by atoms with Gasteiger partial charge in [-0.3, -0.25) is 0 Å². The average molecular weight is 318 g/mol. The smallest absolute Gasteiger partial charge is 0.317 e. The normalized spacial score (nSPS) is 24.1. The quantitative estimate of drug-likeness (QED) is 0.875. The lowest BCUT2D eigenvalue weighted by Gasteiger charge is -2.19. The zero-order chi connectivity index (χ0) is 15.9. The van der Waals surface area contributed by atoms with Gasteiger partial charge in [0.25, 0.3) is 0 Å². The second-order valence-corrected chi connectivity index (χ2v) is 6.52. The number of nitrogens with zero attached hydrogens (tertiary/aromatic N) is 1. The Hall–Kier alpha value is -1.59. The fraction of sp³-hybridized carbons (Fsp3) is 0.611. The van der Waals surface area contributed by atoms with E-state index in [9.17, 15) is 4.79 Å². The van der Waals surface area contributed by atoms with E-state index in [4.69, 9.17) is 9.47 Å². The van der Waals surface area contributed by atoms with Gasteiger partial charge in [0.15, 0.2) is 0 Å². The molecule has 2 atom stereocenters. The number of hydrogen-bond acceptors (Lipinski definition) is 3. The maximum Gasteiger partial charge on any atom is 0.317 e. The summed E-state index contributed by atoms with van der Waals surface area (Å²) >= 11 is 0. The van der Waals surface area contributed by atoms with Crippen LogP contribution in [0, 0.1) is 11.8 Å². The first-order chi connectivity index (χ1) is 11.3. The number of carbonyl (C=O) groups excluding carboxylic acids is 1. The SMILES string of the molecule is O=C(NC[C@H]1CCOC1)N1CC[C@H](COCc2ccccc2)C1. The number of rotatable bonds is 6. The van der Waals surface area contributed by atoms with Crippen molar-refractivity contribution in [2.45, 2.75) is 19.4 Å². The molecule has 0 bridgehead atoms. The van der Waals surface area contributed by atoms with E-state index in [1.54, 1.807) is 0 Å². The number of ether oxygens (including phenoxy) is 2. The Kier molecular flexibility index (Phi) is 5.88. The summed E-state index contributed by atoms with van der Waals surface area (Å²) in [6.07, 6.45) is 2.07. The molecule has 23 heavy (non-hydrogen) atoms. The molecule has 3 rings (SSSR count). The van der Waals surface area contributed by atoms with Gasteiger partial charge in [-0.1, -0.05) is 30.3 Å². The van der Waals surface area contributed by atoms with Crippen LogP contribution >= 0.6 is 0 Å². The van der Waals surface area contributed by atoms with Gasteiger partial charge in [-0.05, 0) is 18.4 Å². The predicted molar refractivity (Wildman–Crippen MR) is 88.1 cm³/mol. The molecule has 5 heteroatoms. The van der Waals surface area contributed by atoms with Gasteiger partial charge < -0.3 is 19.7 Å². The summed E-state index contributed by atoms with van der Waals surface area (Å²) in [4.78, 5) is 14.1. The van der Waals surface area contributed by atoms with Crippen molar-refractivity contribution in [3.05, 3.63) is 35.9 Å². The Labute approximate surface area is 137 Å². The van der Waals surface area contributed by atoms with Gasteiger partial charge >= 0.3 is 6.03 Å². The van der Waals surface area contributed by atoms with Crippen molar-refractivity contribution in [2.75, 3.05) is 39.5 Å². The van der Waals surface area contributed by atoms with Crippen LogP contribution in [0.25, 0.3) is 0 Å². The highest BCUT2D eigenvalue weighted by Crippen LogP contribution is 2.18. The number of carbonyl (C=O) groups is 1. The van der Waals surface area contributed by atoms with Crippen molar-refractivity contribution < 1.29 is 14.3 Å². The van der Waals surface area contributed by atoms with Crippen LogP contribution in [0.2, 0.25) is 0 Å². The highest BCUT2D eigenvalue weighted by atomic mass is 16.5. The molecule has 0 spiro atoms. The van der Waals surface area contributed by atoms with E-state index >= 15 is 0 Å². The molecular weight excluding hydrogens is 292 g/mol. The number of amides is 2. The summed E-state index contributed by atoms with van der Waals surface area (Å²) in [6.45, 7) is 5.31. The number of hydrogen-bond donors (Lipinski definition) is 1. The number of urea groups is 1. The molecule has 0 radical (unpaired) electrons. The summed E-state index contributed by atoms with van der Waals surface area (Å²) < 4.78 is 11.1. The zero-order valence-electron chi connectivity index (χ0n) is 13.6. The summed E-state index contributed by atoms with van der Waals surface area (Å²) in [5.74, 6) is 0.922. The minimum atomic E-state index is 0.0578. The topological polar surface area (TPSA) is 50.8 Å². The second kappa shape index (κ2) is 8.31. The third kappa shape index (κ3) is 4.94. The van der Waals surface area contributed by atoms with Gasteiger partial charge in [0.05, 0.1) is 19.8 Å². The van der Waals surface area contributed by atoms with Crippen molar-refractivity contribution in [3.8, 4) is 0 Å². The highest BCUT2D eigenvalue weighted by molar-refractivity contribution is 5.74. The molecular formula is C18H26N2O3. The molecule has 2 amide bonds. The fourth-order valence-corrected chi connectivity index (χ4v) is 3.16. The van der Waals surface area contributed by atoms with E-state index in [2.05, 4.69) is 17.4 Å². The Morgan fingerprint density at radius 1 is 1.26 bits per heavy atom. The molecule has 0 unspecified atom stereocenters. The zero-order valence-corrected chi connectivity index (χ0v) is 13.6. The molecule has 2 fully saturated rings. The predicted octanol–water partition coefficient (Wildman–Crippen LogP) is 2.27. The van der Waals surface area contributed by atoms with Crippen LogP contribution in [0.15, 0.2) is 30.3 Å². The monoisotopic (exact) mass is 318 g/mol. The first-order valence-electron chi connectivity index (χ1n) is 8.53. The van der Waals surface area contributed by atoms with Crippen molar-refractivity contribution >= 4 is 6.03 Å². The minimum Gasteiger partial charge on any atom is -0.381 e. The largest absolute Gasteiger partial charge is 0.381 e. The Balaban J connectivity index is 1.32. The lowest BCUT2D eigenvalue weighted by atomic mass is 10.1. The van der Waals surface area contributed by atoms with Gasteiger partial charge in [-0.25, -0.2) is 4.79 Å². The van der Waals surface area contributed by atoms with Crippen LogP contribution in [0.5, 0.6) is 0 Å². The molecule has 2 heterocycles. The van der Waals surface area contributed by atoms with Crippen LogP contribution < -0.4 is 5.32 Å². The molecule has 2 aliphatic rings. The summed E-state index contributed by atoms with van der Waals surface area (Å²) in [5, 5.41) is 3.04. The van der Waals surface area contributed by atoms with Crippen molar-refractivity contribution in [2.24, 2.45) is 11.8 Å². The molecule has 0 aromatic heterocycles. The van der Waals surface area contributed by atoms with Crippen molar-refractivity contribution in [1.82, 2.24) is 10.2 Å². The maximum atomic E-state index is 12.2. The number of likely N-dealkylation sites (tertiary alicyclic amines) is 1. The Bertz CT molecular complexity index is 488. The molecule has 1 N–H and O–H groups in total. The minimum absolute atomic E-state index is 0.0578. The second-order valence-electron chi connectivity index (χ2n) is 6.52. The highest BCUT2D eigenvalue weighted by Gasteiger charge is 2.27. The Morgan fingerprint density at radius 3 is 2.91 bits per heavy atom. The molecule has 126 valence electrons. The van der Waals surface area contributed by atoms with Crippen molar-refractivity contribution in [1.29, 1.82) is 0 Å². The van der Waals surface area contributed by atoms with Gasteiger partial charge in [0.2, 0.25) is 0 Å². The van der Waals surface area contributed by atoms with E-state index in [0.717, 1.165) is 52.3 Å². The van der Waals surface area contributed by atoms with Gasteiger partial charge in [-0.15, -0.1) is 0 Å². The third-order valence-corrected chi connectivity index (χ3v) is 4.60. The molecule has 0 saturated carbocycles. The van der Waals surface area contributed by atoms with Crippen molar-refractivity contribution in [3.63, 3.8) is 0 Å². The molecule has 0 aliphatic carbocycles. The van der Waals surface area contributed by atoms with E-state index in [1.165, 1.54) is 5.56 Å². The van der Waals surface area contributed by atoms with Gasteiger partial charge in [-0.2, -0.15) is 0 Å². The molecule has 1 aromatic rings. The van der Waals surface area contributed by atoms with Crippen LogP contribution in [-0.2, 0) is 16.1 Å². The standard InChI is InChI=1S/C18H26N2O3/c21-18(19-10-16-7-9-22-13-16)20-8-6-17(11-20)14-23-12-15-4-2-1-3-5-15/h1-5,16-17H,6-14H2,(H,19,21)/t16-,17+/m1/s1. The summed E-state index contributed by atoms with van der Waals surface area (Å²) in [6, 6.07) is 10.3. The van der Waals surface area contributed by atoms with Crippen LogP contribution in [0.4, 0.5) is 4.79 Å². The molecule has 2 aliphatic heterocycles.